The summed E-state index contributed by atoms with van der Waals surface area (Å²) in [5.74, 6) is 1.50. The van der Waals surface area contributed by atoms with Gasteiger partial charge < -0.3 is 10.2 Å². The van der Waals surface area contributed by atoms with Gasteiger partial charge in [0.25, 0.3) is 0 Å². The Morgan fingerprint density at radius 2 is 1.73 bits per heavy atom. The molecule has 2 aromatic heterocycles. The van der Waals surface area contributed by atoms with Crippen LogP contribution < -0.4 is 10.2 Å². The third-order valence-electron chi connectivity index (χ3n) is 7.55. The van der Waals surface area contributed by atoms with Crippen LogP contribution in [0.1, 0.15) is 67.9 Å². The number of alkyl halides is 3. The average Bonchev–Trinajstić information content (AvgIpc) is 3.42. The van der Waals surface area contributed by atoms with Gasteiger partial charge in [-0.15, -0.1) is 10.2 Å². The molecule has 0 amide bonds. The van der Waals surface area contributed by atoms with Gasteiger partial charge in [-0.1, -0.05) is 17.3 Å². The number of piperidine rings is 1. The maximum absolute atomic E-state index is 15.6. The predicted molar refractivity (Wildman–Crippen MR) is 129 cm³/mol. The van der Waals surface area contributed by atoms with Gasteiger partial charge in [-0.05, 0) is 74.5 Å². The Hall–Kier alpha value is -3.31. The highest BCUT2D eigenvalue weighted by atomic mass is 19.4. The molecule has 0 spiro atoms. The van der Waals surface area contributed by atoms with Gasteiger partial charge in [0.15, 0.2) is 17.5 Å². The van der Waals surface area contributed by atoms with Gasteiger partial charge in [0.2, 0.25) is 5.82 Å². The topological polar surface area (TPSA) is 95.5 Å². The Bertz CT molecular complexity index is 1140. The first kappa shape index (κ1) is 25.3. The van der Waals surface area contributed by atoms with E-state index in [1.807, 2.05) is 4.90 Å². The molecule has 3 aromatic rings. The molecule has 1 aliphatic carbocycles. The van der Waals surface area contributed by atoms with Gasteiger partial charge in [0.05, 0.1) is 11.6 Å². The molecule has 1 aliphatic heterocycles. The molecule has 37 heavy (non-hydrogen) atoms. The Kier molecular flexibility index (Phi) is 7.52. The number of nitrogens with zero attached hydrogens (tertiary/aromatic N) is 6. The van der Waals surface area contributed by atoms with E-state index < -0.39 is 17.6 Å². The monoisotopic (exact) mass is 518 g/mol. The number of benzene rings is 1. The van der Waals surface area contributed by atoms with Crippen molar-refractivity contribution < 1.29 is 17.6 Å². The third-order valence-corrected chi connectivity index (χ3v) is 7.55. The zero-order valence-corrected chi connectivity index (χ0v) is 20.4. The lowest BCUT2D eigenvalue weighted by molar-refractivity contribution is -0.137. The van der Waals surface area contributed by atoms with Crippen LogP contribution in [0.3, 0.4) is 0 Å². The second-order valence-corrected chi connectivity index (χ2v) is 9.98. The summed E-state index contributed by atoms with van der Waals surface area (Å²) in [7, 11) is 0. The number of hydrogen-bond acceptors (Lipinski definition) is 7. The van der Waals surface area contributed by atoms with Gasteiger partial charge in [-0.3, -0.25) is 0 Å². The second-order valence-electron chi connectivity index (χ2n) is 9.98. The SMILES string of the molecule is Fc1c(NCC2CCC(Cc3nn[nH]n3)CC2)ncnc1N1CCCCC1c1ccc(C(F)(F)F)cc1. The van der Waals surface area contributed by atoms with Crippen LogP contribution in [0.25, 0.3) is 0 Å². The van der Waals surface area contributed by atoms with Crippen LogP contribution in [-0.4, -0.2) is 43.7 Å². The second kappa shape index (κ2) is 11.0. The molecule has 12 heteroatoms. The molecular weight excluding hydrogens is 488 g/mol. The van der Waals surface area contributed by atoms with Crippen molar-refractivity contribution in [2.45, 2.75) is 63.6 Å². The maximum atomic E-state index is 15.6. The number of nitrogens with one attached hydrogen (secondary N) is 2. The van der Waals surface area contributed by atoms with Crippen molar-refractivity contribution in [2.24, 2.45) is 11.8 Å². The Morgan fingerprint density at radius 3 is 2.43 bits per heavy atom. The van der Waals surface area contributed by atoms with Crippen molar-refractivity contribution in [3.8, 4) is 0 Å². The van der Waals surface area contributed by atoms with Gasteiger partial charge >= 0.3 is 6.18 Å². The highest BCUT2D eigenvalue weighted by molar-refractivity contribution is 5.53. The molecule has 0 radical (unpaired) electrons. The highest BCUT2D eigenvalue weighted by Gasteiger charge is 2.32. The fourth-order valence-electron chi connectivity index (χ4n) is 5.52. The first-order valence-electron chi connectivity index (χ1n) is 12.8. The lowest BCUT2D eigenvalue weighted by atomic mass is 9.80. The number of halogens is 4. The van der Waals surface area contributed by atoms with Crippen LogP contribution >= 0.6 is 0 Å². The van der Waals surface area contributed by atoms with E-state index in [9.17, 15) is 13.2 Å². The first-order valence-corrected chi connectivity index (χ1v) is 12.8. The number of aromatic amines is 1. The van der Waals surface area contributed by atoms with Crippen LogP contribution in [0, 0.1) is 17.7 Å². The number of anilines is 2. The Morgan fingerprint density at radius 1 is 0.973 bits per heavy atom. The van der Waals surface area contributed by atoms with Crippen LogP contribution in [0.2, 0.25) is 0 Å². The van der Waals surface area contributed by atoms with Gasteiger partial charge in [-0.25, -0.2) is 9.97 Å². The smallest absolute Gasteiger partial charge is 0.367 e. The molecule has 1 atom stereocenters. The molecule has 1 saturated heterocycles. The van der Waals surface area contributed by atoms with E-state index >= 15 is 4.39 Å². The molecule has 1 aromatic carbocycles. The quantitative estimate of drug-likeness (QED) is 0.408. The van der Waals surface area contributed by atoms with E-state index in [0.29, 0.717) is 31.3 Å². The van der Waals surface area contributed by atoms with Crippen molar-refractivity contribution in [2.75, 3.05) is 23.3 Å². The Labute approximate surface area is 212 Å². The van der Waals surface area contributed by atoms with Crippen molar-refractivity contribution in [3.63, 3.8) is 0 Å². The molecule has 1 saturated carbocycles. The largest absolute Gasteiger partial charge is 0.416 e. The van der Waals surface area contributed by atoms with E-state index in [-0.39, 0.29) is 17.7 Å². The minimum absolute atomic E-state index is 0.163. The molecule has 2 aliphatic rings. The summed E-state index contributed by atoms with van der Waals surface area (Å²) in [4.78, 5) is 10.2. The van der Waals surface area contributed by atoms with Crippen LogP contribution in [0.4, 0.5) is 29.2 Å². The molecule has 8 nitrogen and oxygen atoms in total. The van der Waals surface area contributed by atoms with E-state index in [1.165, 1.54) is 18.5 Å². The van der Waals surface area contributed by atoms with E-state index in [0.717, 1.165) is 68.5 Å². The summed E-state index contributed by atoms with van der Waals surface area (Å²) >= 11 is 0. The van der Waals surface area contributed by atoms with E-state index in [1.54, 1.807) is 0 Å². The predicted octanol–water partition coefficient (Wildman–Crippen LogP) is 5.34. The number of aromatic nitrogens is 6. The highest BCUT2D eigenvalue weighted by Crippen LogP contribution is 2.38. The number of rotatable bonds is 7. The lowest BCUT2D eigenvalue weighted by Crippen LogP contribution is -2.35. The van der Waals surface area contributed by atoms with E-state index in [4.69, 9.17) is 0 Å². The molecule has 2 fully saturated rings. The summed E-state index contributed by atoms with van der Waals surface area (Å²) in [6.07, 6.45) is 4.42. The van der Waals surface area contributed by atoms with Crippen LogP contribution in [0.15, 0.2) is 30.6 Å². The van der Waals surface area contributed by atoms with Crippen molar-refractivity contribution in [1.29, 1.82) is 0 Å². The zero-order chi connectivity index (χ0) is 25.8. The molecule has 1 unspecified atom stereocenters. The standard InChI is InChI=1S/C25H30F4N8/c26-22-23(30-14-17-6-4-16(5-7-17)13-21-33-35-36-34-21)31-15-32-24(22)37-12-2-1-3-20(37)18-8-10-19(11-9-18)25(27,28)29/h8-11,15-17,20H,1-7,12-14H2,(H,30,31,32)(H,33,34,35,36). The molecule has 0 bridgehead atoms. The van der Waals surface area contributed by atoms with Crippen LogP contribution in [-0.2, 0) is 12.6 Å². The summed E-state index contributed by atoms with van der Waals surface area (Å²) in [5.41, 5.74) is 0.0277. The van der Waals surface area contributed by atoms with Crippen LogP contribution in [0.5, 0.6) is 0 Å². The zero-order valence-electron chi connectivity index (χ0n) is 20.4. The van der Waals surface area contributed by atoms with Gasteiger partial charge in [0.1, 0.15) is 6.33 Å². The summed E-state index contributed by atoms with van der Waals surface area (Å²) in [6, 6.07) is 4.89. The average molecular weight is 519 g/mol. The van der Waals surface area contributed by atoms with Crippen molar-refractivity contribution in [1.82, 2.24) is 30.6 Å². The number of H-pyrrole nitrogens is 1. The maximum Gasteiger partial charge on any atom is 0.416 e. The number of hydrogen-bond donors (Lipinski definition) is 2. The van der Waals surface area contributed by atoms with Gasteiger partial charge in [-0.2, -0.15) is 22.8 Å². The fourth-order valence-corrected chi connectivity index (χ4v) is 5.52. The fraction of sp³-hybridized carbons (Fsp3) is 0.560. The number of tetrazole rings is 1. The van der Waals surface area contributed by atoms with Gasteiger partial charge in [0, 0.05) is 19.5 Å². The molecule has 198 valence electrons. The van der Waals surface area contributed by atoms with Crippen molar-refractivity contribution >= 4 is 11.6 Å². The summed E-state index contributed by atoms with van der Waals surface area (Å²) in [5, 5.41) is 17.4. The normalized spacial score (nSPS) is 22.7. The lowest BCUT2D eigenvalue weighted by Gasteiger charge is -2.37. The summed E-state index contributed by atoms with van der Waals surface area (Å²) < 4.78 is 54.6. The van der Waals surface area contributed by atoms with E-state index in [2.05, 4.69) is 35.9 Å². The minimum atomic E-state index is -4.39. The first-order chi connectivity index (χ1) is 17.9. The molecular formula is C25H30F4N8. The van der Waals surface area contributed by atoms with Crippen molar-refractivity contribution in [3.05, 3.63) is 53.4 Å². The third kappa shape index (κ3) is 5.99. The Balaban J connectivity index is 1.23. The molecule has 3 heterocycles. The summed E-state index contributed by atoms with van der Waals surface area (Å²) in [6.45, 7) is 1.19. The molecule has 5 rings (SSSR count). The minimum Gasteiger partial charge on any atom is -0.367 e. The molecule has 2 N–H and O–H groups in total.